The Hall–Kier alpha value is -3.13. The SMILES string of the molecule is CCOC(=O)c1cc(CC)sc1NC(=O)c1cc2cccc(OC)c2oc1=N. The predicted molar refractivity (Wildman–Crippen MR) is 106 cm³/mol. The standard InChI is InChI=1S/C20H20N2O5S/c1-4-12-10-14(20(24)26-5-2)19(28-12)22-18(23)13-9-11-7-6-8-15(25-3)16(11)27-17(13)21/h6-10,21H,4-5H2,1-3H3,(H,22,23). The molecule has 0 aliphatic rings. The number of aryl methyl sites for hydroxylation is 1. The summed E-state index contributed by atoms with van der Waals surface area (Å²) in [5, 5.41) is 11.8. The second kappa shape index (κ2) is 8.26. The van der Waals surface area contributed by atoms with Gasteiger partial charge in [0.15, 0.2) is 11.3 Å². The van der Waals surface area contributed by atoms with Crippen molar-refractivity contribution in [3.05, 3.63) is 51.9 Å². The topological polar surface area (TPSA) is 102 Å². The number of benzene rings is 1. The summed E-state index contributed by atoms with van der Waals surface area (Å²) >= 11 is 1.31. The fourth-order valence-corrected chi connectivity index (χ4v) is 3.68. The highest BCUT2D eigenvalue weighted by atomic mass is 32.1. The molecule has 3 rings (SSSR count). The van der Waals surface area contributed by atoms with Crippen LogP contribution in [0.15, 0.2) is 34.7 Å². The minimum Gasteiger partial charge on any atom is -0.493 e. The van der Waals surface area contributed by atoms with Gasteiger partial charge in [0, 0.05) is 10.3 Å². The van der Waals surface area contributed by atoms with E-state index in [4.69, 9.17) is 19.3 Å². The van der Waals surface area contributed by atoms with E-state index in [0.717, 1.165) is 11.3 Å². The Morgan fingerprint density at radius 2 is 2.00 bits per heavy atom. The maximum absolute atomic E-state index is 12.8. The molecule has 1 aromatic carbocycles. The molecule has 2 heterocycles. The van der Waals surface area contributed by atoms with E-state index in [1.54, 1.807) is 37.3 Å². The van der Waals surface area contributed by atoms with Crippen LogP contribution < -0.4 is 15.6 Å². The molecule has 0 aliphatic carbocycles. The van der Waals surface area contributed by atoms with Crippen molar-refractivity contribution >= 4 is 39.2 Å². The fraction of sp³-hybridized carbons (Fsp3) is 0.250. The van der Waals surface area contributed by atoms with Gasteiger partial charge in [-0.1, -0.05) is 19.1 Å². The Bertz CT molecular complexity index is 1100. The Kier molecular flexibility index (Phi) is 5.79. The number of thiophene rings is 1. The number of hydrogen-bond acceptors (Lipinski definition) is 7. The number of fused-ring (bicyclic) bond motifs is 1. The van der Waals surface area contributed by atoms with Crippen LogP contribution >= 0.6 is 11.3 Å². The lowest BCUT2D eigenvalue weighted by molar-refractivity contribution is 0.0528. The molecule has 0 saturated heterocycles. The van der Waals surface area contributed by atoms with Gasteiger partial charge in [0.1, 0.15) is 10.6 Å². The highest BCUT2D eigenvalue weighted by molar-refractivity contribution is 7.16. The Balaban J connectivity index is 1.98. The molecular weight excluding hydrogens is 380 g/mol. The molecule has 0 unspecified atom stereocenters. The lowest BCUT2D eigenvalue weighted by Gasteiger charge is -2.08. The first-order valence-electron chi connectivity index (χ1n) is 8.75. The third-order valence-electron chi connectivity index (χ3n) is 4.08. The molecule has 8 heteroatoms. The van der Waals surface area contributed by atoms with Crippen molar-refractivity contribution in [1.82, 2.24) is 0 Å². The van der Waals surface area contributed by atoms with E-state index in [1.165, 1.54) is 18.4 Å². The number of ether oxygens (including phenoxy) is 2. The van der Waals surface area contributed by atoms with Gasteiger partial charge in [-0.05, 0) is 31.5 Å². The summed E-state index contributed by atoms with van der Waals surface area (Å²) in [5.74, 6) is -0.547. The van der Waals surface area contributed by atoms with E-state index in [-0.39, 0.29) is 17.7 Å². The third-order valence-corrected chi connectivity index (χ3v) is 5.27. The van der Waals surface area contributed by atoms with E-state index < -0.39 is 11.9 Å². The number of carbonyl (C=O) groups excluding carboxylic acids is 2. The summed E-state index contributed by atoms with van der Waals surface area (Å²) < 4.78 is 15.8. The van der Waals surface area contributed by atoms with Gasteiger partial charge in [-0.15, -0.1) is 11.3 Å². The average Bonchev–Trinajstić information content (AvgIpc) is 3.10. The zero-order valence-electron chi connectivity index (χ0n) is 15.8. The molecule has 0 atom stereocenters. The number of amides is 1. The van der Waals surface area contributed by atoms with Gasteiger partial charge in [-0.2, -0.15) is 0 Å². The summed E-state index contributed by atoms with van der Waals surface area (Å²) in [7, 11) is 1.51. The average molecular weight is 400 g/mol. The molecule has 0 saturated carbocycles. The molecule has 0 bridgehead atoms. The molecule has 0 aliphatic heterocycles. The van der Waals surface area contributed by atoms with E-state index in [9.17, 15) is 9.59 Å². The van der Waals surface area contributed by atoms with Gasteiger partial charge < -0.3 is 19.2 Å². The van der Waals surface area contributed by atoms with Crippen LogP contribution in [0.3, 0.4) is 0 Å². The smallest absolute Gasteiger partial charge is 0.341 e. The minimum absolute atomic E-state index is 0.0574. The highest BCUT2D eigenvalue weighted by Gasteiger charge is 2.21. The number of carbonyl (C=O) groups is 2. The second-order valence-corrected chi connectivity index (χ2v) is 6.99. The summed E-state index contributed by atoms with van der Waals surface area (Å²) in [6.45, 7) is 3.93. The molecule has 2 aromatic heterocycles. The van der Waals surface area contributed by atoms with Crippen molar-refractivity contribution in [1.29, 1.82) is 5.41 Å². The van der Waals surface area contributed by atoms with Gasteiger partial charge in [-0.25, -0.2) is 4.79 Å². The van der Waals surface area contributed by atoms with Crippen LogP contribution in [-0.2, 0) is 11.2 Å². The first kappa shape index (κ1) is 19.6. The first-order valence-corrected chi connectivity index (χ1v) is 9.56. The number of anilines is 1. The molecule has 0 radical (unpaired) electrons. The van der Waals surface area contributed by atoms with Gasteiger partial charge in [0.05, 0.1) is 19.3 Å². The molecule has 28 heavy (non-hydrogen) atoms. The molecule has 2 N–H and O–H groups in total. The lowest BCUT2D eigenvalue weighted by atomic mass is 10.1. The van der Waals surface area contributed by atoms with Crippen molar-refractivity contribution in [3.63, 3.8) is 0 Å². The van der Waals surface area contributed by atoms with Gasteiger partial charge >= 0.3 is 5.97 Å². The quantitative estimate of drug-likeness (QED) is 0.610. The fourth-order valence-electron chi connectivity index (χ4n) is 2.70. The monoisotopic (exact) mass is 400 g/mol. The molecule has 146 valence electrons. The van der Waals surface area contributed by atoms with Crippen LogP contribution in [0.5, 0.6) is 5.75 Å². The number of hydrogen-bond donors (Lipinski definition) is 2. The van der Waals surface area contributed by atoms with E-state index in [2.05, 4.69) is 5.32 Å². The largest absolute Gasteiger partial charge is 0.493 e. The lowest BCUT2D eigenvalue weighted by Crippen LogP contribution is -2.21. The number of methoxy groups -OCH3 is 1. The Labute approximate surface area is 165 Å². The second-order valence-electron chi connectivity index (χ2n) is 5.85. The summed E-state index contributed by atoms with van der Waals surface area (Å²) in [5.41, 5.74) is 0.465. The minimum atomic E-state index is -0.534. The zero-order valence-corrected chi connectivity index (χ0v) is 16.6. The molecular formula is C20H20N2O5S. The molecule has 1 amide bonds. The van der Waals surface area contributed by atoms with E-state index >= 15 is 0 Å². The summed E-state index contributed by atoms with van der Waals surface area (Å²) in [4.78, 5) is 25.9. The van der Waals surface area contributed by atoms with Crippen LogP contribution in [-0.4, -0.2) is 25.6 Å². The predicted octanol–water partition coefficient (Wildman–Crippen LogP) is 3.97. The van der Waals surface area contributed by atoms with Crippen LogP contribution in [0.25, 0.3) is 11.0 Å². The van der Waals surface area contributed by atoms with Crippen molar-refractivity contribution in [3.8, 4) is 5.75 Å². The van der Waals surface area contributed by atoms with Crippen LogP contribution in [0.4, 0.5) is 5.00 Å². The Morgan fingerprint density at radius 1 is 1.21 bits per heavy atom. The molecule has 7 nitrogen and oxygen atoms in total. The first-order chi connectivity index (χ1) is 13.5. The maximum atomic E-state index is 12.8. The third kappa shape index (κ3) is 3.77. The van der Waals surface area contributed by atoms with Crippen LogP contribution in [0.1, 0.15) is 39.4 Å². The molecule has 0 spiro atoms. The number of rotatable bonds is 6. The summed E-state index contributed by atoms with van der Waals surface area (Å²) in [6, 6.07) is 8.54. The van der Waals surface area contributed by atoms with Crippen molar-refractivity contribution in [2.75, 3.05) is 19.0 Å². The van der Waals surface area contributed by atoms with E-state index in [0.29, 0.717) is 27.3 Å². The summed E-state index contributed by atoms with van der Waals surface area (Å²) in [6.07, 6.45) is 0.724. The highest BCUT2D eigenvalue weighted by Crippen LogP contribution is 2.30. The van der Waals surface area contributed by atoms with Gasteiger partial charge in [-0.3, -0.25) is 10.2 Å². The Morgan fingerprint density at radius 3 is 2.68 bits per heavy atom. The van der Waals surface area contributed by atoms with Crippen molar-refractivity contribution in [2.45, 2.75) is 20.3 Å². The number of esters is 1. The van der Waals surface area contributed by atoms with Gasteiger partial charge in [0.2, 0.25) is 5.55 Å². The normalized spacial score (nSPS) is 10.7. The van der Waals surface area contributed by atoms with Crippen LogP contribution in [0.2, 0.25) is 0 Å². The zero-order chi connectivity index (χ0) is 20.3. The van der Waals surface area contributed by atoms with Crippen molar-refractivity contribution < 1.29 is 23.5 Å². The molecule has 3 aromatic rings. The van der Waals surface area contributed by atoms with Crippen LogP contribution in [0, 0.1) is 5.41 Å². The number of para-hydroxylation sites is 1. The number of nitrogens with one attached hydrogen (secondary N) is 2. The van der Waals surface area contributed by atoms with Crippen molar-refractivity contribution in [2.24, 2.45) is 0 Å². The van der Waals surface area contributed by atoms with Gasteiger partial charge in [0.25, 0.3) is 5.91 Å². The maximum Gasteiger partial charge on any atom is 0.341 e. The molecule has 0 fully saturated rings. The van der Waals surface area contributed by atoms with E-state index in [1.807, 2.05) is 6.92 Å².